The lowest BCUT2D eigenvalue weighted by atomic mass is 9.83. The fourth-order valence-electron chi connectivity index (χ4n) is 2.32. The van der Waals surface area contributed by atoms with Gasteiger partial charge in [-0.2, -0.15) is 0 Å². The molecule has 0 N–H and O–H groups in total. The van der Waals surface area contributed by atoms with Gasteiger partial charge in [0.05, 0.1) is 0 Å². The molecule has 0 aliphatic heterocycles. The third kappa shape index (κ3) is 2.45. The van der Waals surface area contributed by atoms with Crippen molar-refractivity contribution >= 4 is 8.69 Å². The summed E-state index contributed by atoms with van der Waals surface area (Å²) in [5.74, 6) is 1.15. The van der Waals surface area contributed by atoms with Gasteiger partial charge in [-0.05, 0) is 35.2 Å². The molecule has 0 spiro atoms. The maximum Gasteiger partial charge on any atom is 0.395 e. The highest BCUT2D eigenvalue weighted by Crippen LogP contribution is 2.36. The summed E-state index contributed by atoms with van der Waals surface area (Å²) in [5, 5.41) is 0. The second-order valence-corrected chi connectivity index (χ2v) is 4.88. The first-order valence-corrected chi connectivity index (χ1v) is 6.97. The maximum atomic E-state index is 10.4. The van der Waals surface area contributed by atoms with Crippen molar-refractivity contribution in [3.63, 3.8) is 0 Å². The molecule has 2 aromatic rings. The van der Waals surface area contributed by atoms with Gasteiger partial charge in [0.25, 0.3) is 0 Å². The fourth-order valence-corrected chi connectivity index (χ4v) is 2.53. The van der Waals surface area contributed by atoms with Crippen molar-refractivity contribution in [1.29, 1.82) is 0 Å². The topological polar surface area (TPSA) is 26.3 Å². The minimum Gasteiger partial charge on any atom is -0.408 e. The molecule has 0 fully saturated rings. The summed E-state index contributed by atoms with van der Waals surface area (Å²) >= 11 is 0. The first-order chi connectivity index (χ1) is 9.38. The zero-order valence-electron chi connectivity index (χ0n) is 10.3. The summed E-state index contributed by atoms with van der Waals surface area (Å²) in [6, 6.07) is 16.2. The number of benzene rings is 2. The molecule has 0 saturated heterocycles. The summed E-state index contributed by atoms with van der Waals surface area (Å²) in [6.45, 7) is 0. The predicted octanol–water partition coefficient (Wildman–Crippen LogP) is 4.98. The van der Waals surface area contributed by atoms with Crippen LogP contribution in [0, 0.1) is 0 Å². The lowest BCUT2D eigenvalue weighted by Gasteiger charge is -2.21. The van der Waals surface area contributed by atoms with E-state index in [4.69, 9.17) is 4.52 Å². The number of hydrogen-bond donors (Lipinski definition) is 0. The van der Waals surface area contributed by atoms with E-state index in [0.717, 1.165) is 12.0 Å². The molecule has 2 aromatic carbocycles. The van der Waals surface area contributed by atoms with Crippen molar-refractivity contribution in [3.05, 3.63) is 66.2 Å². The van der Waals surface area contributed by atoms with E-state index in [2.05, 4.69) is 36.4 Å². The van der Waals surface area contributed by atoms with Gasteiger partial charge in [0.15, 0.2) is 0 Å². The third-order valence-corrected chi connectivity index (χ3v) is 3.71. The summed E-state index contributed by atoms with van der Waals surface area (Å²) in [7, 11) is -0.320. The lowest BCUT2D eigenvalue weighted by molar-refractivity contribution is 0.525. The smallest absolute Gasteiger partial charge is 0.395 e. The Bertz CT molecular complexity index is 617. The summed E-state index contributed by atoms with van der Waals surface area (Å²) in [6.07, 6.45) is 5.56. The van der Waals surface area contributed by atoms with Crippen molar-refractivity contribution in [3.8, 4) is 16.9 Å². The first-order valence-electron chi connectivity index (χ1n) is 6.24. The standard InChI is InChI=1S/C16H13O2P/c17-19-18-14-10-8-13(9-11-14)16-7-2-1-6-15(16)12-4-3-5-12/h1-4,6-12H,5H2. The van der Waals surface area contributed by atoms with Crippen LogP contribution in [0.1, 0.15) is 17.9 Å². The van der Waals surface area contributed by atoms with E-state index in [-0.39, 0.29) is 8.69 Å². The SMILES string of the molecule is O=POc1ccc(-c2ccccc2C2C=CC2)cc1. The second kappa shape index (κ2) is 5.38. The molecule has 1 aliphatic carbocycles. The van der Waals surface area contributed by atoms with Gasteiger partial charge in [-0.15, -0.1) is 0 Å². The number of allylic oxidation sites excluding steroid dienone is 2. The molecule has 0 radical (unpaired) electrons. The van der Waals surface area contributed by atoms with Crippen LogP contribution in [0.15, 0.2) is 60.7 Å². The van der Waals surface area contributed by atoms with E-state index in [1.54, 1.807) is 0 Å². The van der Waals surface area contributed by atoms with E-state index in [1.807, 2.05) is 24.3 Å². The summed E-state index contributed by atoms with van der Waals surface area (Å²) in [4.78, 5) is 0. The fraction of sp³-hybridized carbons (Fsp3) is 0.125. The van der Waals surface area contributed by atoms with Gasteiger partial charge in [0.2, 0.25) is 0 Å². The molecule has 0 saturated carbocycles. The van der Waals surface area contributed by atoms with Gasteiger partial charge in [-0.1, -0.05) is 48.6 Å². The molecule has 19 heavy (non-hydrogen) atoms. The molecular weight excluding hydrogens is 255 g/mol. The zero-order chi connectivity index (χ0) is 13.1. The Kier molecular flexibility index (Phi) is 3.43. The molecule has 0 amide bonds. The van der Waals surface area contributed by atoms with E-state index in [1.165, 1.54) is 11.1 Å². The van der Waals surface area contributed by atoms with Gasteiger partial charge in [-0.25, -0.2) is 4.57 Å². The van der Waals surface area contributed by atoms with E-state index >= 15 is 0 Å². The number of rotatable bonds is 4. The summed E-state index contributed by atoms with van der Waals surface area (Å²) in [5.41, 5.74) is 3.77. The summed E-state index contributed by atoms with van der Waals surface area (Å²) < 4.78 is 15.3. The van der Waals surface area contributed by atoms with Gasteiger partial charge < -0.3 is 4.52 Å². The van der Waals surface area contributed by atoms with Crippen LogP contribution in [0.25, 0.3) is 11.1 Å². The van der Waals surface area contributed by atoms with Gasteiger partial charge in [0.1, 0.15) is 5.75 Å². The Morgan fingerprint density at radius 2 is 1.79 bits per heavy atom. The van der Waals surface area contributed by atoms with E-state index < -0.39 is 0 Å². The second-order valence-electron chi connectivity index (χ2n) is 4.55. The average molecular weight is 268 g/mol. The molecule has 1 unspecified atom stereocenters. The predicted molar refractivity (Wildman–Crippen MR) is 76.6 cm³/mol. The molecular formula is C16H13O2P. The van der Waals surface area contributed by atoms with Crippen molar-refractivity contribution in [2.45, 2.75) is 12.3 Å². The van der Waals surface area contributed by atoms with Crippen molar-refractivity contribution < 1.29 is 9.09 Å². The quantitative estimate of drug-likeness (QED) is 0.577. The van der Waals surface area contributed by atoms with Crippen molar-refractivity contribution in [2.24, 2.45) is 0 Å². The first kappa shape index (κ1) is 12.1. The van der Waals surface area contributed by atoms with E-state index in [9.17, 15) is 4.57 Å². The molecule has 0 bridgehead atoms. The monoisotopic (exact) mass is 268 g/mol. The molecule has 2 nitrogen and oxygen atoms in total. The third-order valence-electron chi connectivity index (χ3n) is 3.43. The largest absolute Gasteiger partial charge is 0.408 e. The van der Waals surface area contributed by atoms with Gasteiger partial charge in [-0.3, -0.25) is 0 Å². The molecule has 0 heterocycles. The minimum absolute atomic E-state index is 0.320. The molecule has 3 heteroatoms. The average Bonchev–Trinajstić information content (AvgIpc) is 2.39. The van der Waals surface area contributed by atoms with Crippen LogP contribution in [0.3, 0.4) is 0 Å². The molecule has 94 valence electrons. The van der Waals surface area contributed by atoms with Crippen LogP contribution in [-0.4, -0.2) is 0 Å². The normalized spacial score (nSPS) is 17.2. The Balaban J connectivity index is 1.97. The highest BCUT2D eigenvalue weighted by atomic mass is 31.1. The molecule has 0 aromatic heterocycles. The van der Waals surface area contributed by atoms with Crippen LogP contribution in [0.4, 0.5) is 0 Å². The van der Waals surface area contributed by atoms with E-state index in [0.29, 0.717) is 11.7 Å². The highest BCUT2D eigenvalue weighted by molar-refractivity contribution is 7.17. The molecule has 3 rings (SSSR count). The molecule has 1 aliphatic rings. The van der Waals surface area contributed by atoms with Gasteiger partial charge in [0, 0.05) is 5.92 Å². The van der Waals surface area contributed by atoms with Crippen molar-refractivity contribution in [2.75, 3.05) is 0 Å². The van der Waals surface area contributed by atoms with Crippen LogP contribution in [0.2, 0.25) is 0 Å². The zero-order valence-corrected chi connectivity index (χ0v) is 11.2. The van der Waals surface area contributed by atoms with Crippen LogP contribution in [-0.2, 0) is 4.57 Å². The van der Waals surface area contributed by atoms with Crippen LogP contribution >= 0.6 is 8.69 Å². The Hall–Kier alpha value is -1.92. The molecule has 1 atom stereocenters. The highest BCUT2D eigenvalue weighted by Gasteiger charge is 2.16. The Morgan fingerprint density at radius 3 is 2.42 bits per heavy atom. The van der Waals surface area contributed by atoms with Gasteiger partial charge >= 0.3 is 8.69 Å². The lowest BCUT2D eigenvalue weighted by Crippen LogP contribution is -2.02. The number of hydrogen-bond acceptors (Lipinski definition) is 2. The van der Waals surface area contributed by atoms with Crippen LogP contribution < -0.4 is 4.52 Å². The minimum atomic E-state index is -0.320. The Morgan fingerprint density at radius 1 is 1.05 bits per heavy atom. The van der Waals surface area contributed by atoms with Crippen LogP contribution in [0.5, 0.6) is 5.75 Å². The Labute approximate surface area is 114 Å². The van der Waals surface area contributed by atoms with Crippen molar-refractivity contribution in [1.82, 2.24) is 0 Å². The maximum absolute atomic E-state index is 10.4.